The molecule has 0 saturated carbocycles. The van der Waals surface area contributed by atoms with Crippen molar-refractivity contribution in [3.05, 3.63) is 30.3 Å². The van der Waals surface area contributed by atoms with Gasteiger partial charge in [-0.05, 0) is 25.0 Å². The van der Waals surface area contributed by atoms with Gasteiger partial charge in [0.05, 0.1) is 10.6 Å². The van der Waals surface area contributed by atoms with Crippen LogP contribution in [0.2, 0.25) is 0 Å². The number of nitrogens with one attached hydrogen (secondary N) is 2. The van der Waals surface area contributed by atoms with Crippen LogP contribution in [0.1, 0.15) is 39.0 Å². The third-order valence-electron chi connectivity index (χ3n) is 3.53. The average molecular weight is 467 g/mol. The highest BCUT2D eigenvalue weighted by Crippen LogP contribution is 2.10. The highest BCUT2D eigenvalue weighted by atomic mass is 127. The molecule has 0 amide bonds. The number of benzene rings is 1. The summed E-state index contributed by atoms with van der Waals surface area (Å²) in [6, 6.07) is 8.58. The molecule has 7 heteroatoms. The first-order chi connectivity index (χ1) is 11.1. The van der Waals surface area contributed by atoms with Gasteiger partial charge in [0.2, 0.25) is 0 Å². The van der Waals surface area contributed by atoms with Crippen molar-refractivity contribution in [2.45, 2.75) is 43.9 Å². The maximum Gasteiger partial charge on any atom is 0.190 e. The van der Waals surface area contributed by atoms with Crippen LogP contribution in [0.25, 0.3) is 0 Å². The summed E-state index contributed by atoms with van der Waals surface area (Å²) in [5.41, 5.74) is 0. The van der Waals surface area contributed by atoms with Crippen molar-refractivity contribution in [1.82, 2.24) is 10.6 Å². The van der Waals surface area contributed by atoms with Crippen molar-refractivity contribution in [1.29, 1.82) is 0 Å². The maximum atomic E-state index is 12.1. The van der Waals surface area contributed by atoms with Crippen molar-refractivity contribution in [2.24, 2.45) is 4.99 Å². The molecule has 0 aliphatic carbocycles. The molecule has 0 radical (unpaired) electrons. The molecule has 0 aliphatic heterocycles. The third-order valence-corrected chi connectivity index (χ3v) is 5.35. The van der Waals surface area contributed by atoms with Gasteiger partial charge in [-0.2, -0.15) is 0 Å². The molecule has 0 saturated heterocycles. The summed E-state index contributed by atoms with van der Waals surface area (Å²) in [4.78, 5) is 4.53. The summed E-state index contributed by atoms with van der Waals surface area (Å²) in [5, 5.41) is 6.41. The molecular weight excluding hydrogens is 437 g/mol. The number of halogens is 1. The number of unbranched alkanes of at least 4 members (excludes halogenated alkanes) is 3. The van der Waals surface area contributed by atoms with E-state index >= 15 is 0 Å². The molecule has 0 unspecified atom stereocenters. The van der Waals surface area contributed by atoms with Crippen molar-refractivity contribution < 1.29 is 8.42 Å². The van der Waals surface area contributed by atoms with Gasteiger partial charge in [-0.25, -0.2) is 8.42 Å². The predicted octanol–water partition coefficient (Wildman–Crippen LogP) is 3.21. The maximum absolute atomic E-state index is 12.1. The van der Waals surface area contributed by atoms with Gasteiger partial charge < -0.3 is 10.6 Å². The second-order valence-electron chi connectivity index (χ2n) is 5.47. The van der Waals surface area contributed by atoms with Gasteiger partial charge in [0.25, 0.3) is 0 Å². The van der Waals surface area contributed by atoms with E-state index in [4.69, 9.17) is 0 Å². The van der Waals surface area contributed by atoms with Crippen LogP contribution in [-0.2, 0) is 9.84 Å². The summed E-state index contributed by atoms with van der Waals surface area (Å²) in [5.74, 6) is 0.871. The van der Waals surface area contributed by atoms with E-state index in [1.807, 2.05) is 6.07 Å². The van der Waals surface area contributed by atoms with E-state index in [9.17, 15) is 8.42 Å². The molecule has 1 aromatic rings. The molecule has 0 aromatic heterocycles. The fourth-order valence-electron chi connectivity index (χ4n) is 2.19. The van der Waals surface area contributed by atoms with Crippen LogP contribution in [0.5, 0.6) is 0 Å². The quantitative estimate of drug-likeness (QED) is 0.240. The molecule has 0 aliphatic rings. The van der Waals surface area contributed by atoms with E-state index < -0.39 is 9.84 Å². The van der Waals surface area contributed by atoms with E-state index in [1.165, 1.54) is 19.3 Å². The zero-order chi connectivity index (χ0) is 17.0. The van der Waals surface area contributed by atoms with Crippen molar-refractivity contribution >= 4 is 39.8 Å². The summed E-state index contributed by atoms with van der Waals surface area (Å²) in [6.45, 7) is 3.67. The minimum absolute atomic E-state index is 0. The summed E-state index contributed by atoms with van der Waals surface area (Å²) >= 11 is 0. The average Bonchev–Trinajstić information content (AvgIpc) is 2.57. The molecule has 0 fully saturated rings. The second kappa shape index (κ2) is 13.5. The Morgan fingerprint density at radius 1 is 1.00 bits per heavy atom. The first-order valence-corrected chi connectivity index (χ1v) is 9.97. The standard InChI is InChI=1S/C17H29N3O2S.HI/c1-3-4-5-9-13-19-17(18-2)20-14-10-15-23(21,22)16-11-7-6-8-12-16;/h6-8,11-12H,3-5,9-10,13-15H2,1-2H3,(H2,18,19,20);1H. The summed E-state index contributed by atoms with van der Waals surface area (Å²) in [7, 11) is -1.47. The molecular formula is C17H30IN3O2S. The summed E-state index contributed by atoms with van der Waals surface area (Å²) in [6.07, 6.45) is 5.37. The number of hydrogen-bond donors (Lipinski definition) is 2. The number of hydrogen-bond acceptors (Lipinski definition) is 3. The number of sulfone groups is 1. The van der Waals surface area contributed by atoms with Gasteiger partial charge in [-0.15, -0.1) is 24.0 Å². The molecule has 0 heterocycles. The van der Waals surface area contributed by atoms with Crippen LogP contribution in [0.15, 0.2) is 40.2 Å². The fraction of sp³-hybridized carbons (Fsp3) is 0.588. The van der Waals surface area contributed by atoms with Gasteiger partial charge in [0.1, 0.15) is 0 Å². The van der Waals surface area contributed by atoms with Crippen molar-refractivity contribution in [3.63, 3.8) is 0 Å². The first-order valence-electron chi connectivity index (χ1n) is 8.32. The molecule has 24 heavy (non-hydrogen) atoms. The number of aliphatic imine (C=N–C) groups is 1. The Bertz CT molecular complexity index is 562. The van der Waals surface area contributed by atoms with Gasteiger partial charge >= 0.3 is 0 Å². The largest absolute Gasteiger partial charge is 0.356 e. The molecule has 0 spiro atoms. The SMILES string of the molecule is CCCCCCNC(=NC)NCCCS(=O)(=O)c1ccccc1.I. The zero-order valence-electron chi connectivity index (χ0n) is 14.6. The molecule has 0 atom stereocenters. The van der Waals surface area contributed by atoms with E-state index in [1.54, 1.807) is 31.3 Å². The lowest BCUT2D eigenvalue weighted by Gasteiger charge is -2.11. The lowest BCUT2D eigenvalue weighted by atomic mass is 10.2. The zero-order valence-corrected chi connectivity index (χ0v) is 17.8. The Morgan fingerprint density at radius 3 is 2.21 bits per heavy atom. The van der Waals surface area contributed by atoms with Gasteiger partial charge in [0.15, 0.2) is 15.8 Å². The number of rotatable bonds is 10. The Hall–Kier alpha value is -0.830. The van der Waals surface area contributed by atoms with E-state index in [0.717, 1.165) is 18.9 Å². The molecule has 0 bridgehead atoms. The minimum Gasteiger partial charge on any atom is -0.356 e. The van der Waals surface area contributed by atoms with Gasteiger partial charge in [-0.3, -0.25) is 4.99 Å². The predicted molar refractivity (Wildman–Crippen MR) is 112 cm³/mol. The monoisotopic (exact) mass is 467 g/mol. The molecule has 138 valence electrons. The summed E-state index contributed by atoms with van der Waals surface area (Å²) < 4.78 is 24.3. The lowest BCUT2D eigenvalue weighted by Crippen LogP contribution is -2.38. The van der Waals surface area contributed by atoms with Gasteiger partial charge in [-0.1, -0.05) is 44.4 Å². The van der Waals surface area contributed by atoms with E-state index in [2.05, 4.69) is 22.5 Å². The number of nitrogens with zero attached hydrogens (tertiary/aromatic N) is 1. The van der Waals surface area contributed by atoms with Crippen LogP contribution in [-0.4, -0.2) is 40.3 Å². The van der Waals surface area contributed by atoms with Crippen molar-refractivity contribution in [3.8, 4) is 0 Å². The first kappa shape index (κ1) is 23.2. The normalized spacial score (nSPS) is 11.7. The van der Waals surface area contributed by atoms with E-state index in [-0.39, 0.29) is 29.7 Å². The molecule has 2 N–H and O–H groups in total. The van der Waals surface area contributed by atoms with Gasteiger partial charge in [0, 0.05) is 20.1 Å². The lowest BCUT2D eigenvalue weighted by molar-refractivity contribution is 0.592. The fourth-order valence-corrected chi connectivity index (χ4v) is 3.53. The van der Waals surface area contributed by atoms with Crippen LogP contribution < -0.4 is 10.6 Å². The highest BCUT2D eigenvalue weighted by Gasteiger charge is 2.12. The second-order valence-corrected chi connectivity index (χ2v) is 7.58. The van der Waals surface area contributed by atoms with E-state index in [0.29, 0.717) is 17.9 Å². The topological polar surface area (TPSA) is 70.6 Å². The molecule has 1 rings (SSSR count). The third kappa shape index (κ3) is 9.46. The Balaban J connectivity index is 0.00000529. The Kier molecular flexibility index (Phi) is 13.0. The van der Waals surface area contributed by atoms with Crippen LogP contribution in [0.3, 0.4) is 0 Å². The molecule has 5 nitrogen and oxygen atoms in total. The smallest absolute Gasteiger partial charge is 0.190 e. The molecule has 1 aromatic carbocycles. The van der Waals surface area contributed by atoms with Crippen LogP contribution in [0, 0.1) is 0 Å². The van der Waals surface area contributed by atoms with Crippen LogP contribution in [0.4, 0.5) is 0 Å². The van der Waals surface area contributed by atoms with Crippen LogP contribution >= 0.6 is 24.0 Å². The Morgan fingerprint density at radius 2 is 1.62 bits per heavy atom. The highest BCUT2D eigenvalue weighted by molar-refractivity contribution is 14.0. The number of guanidine groups is 1. The Labute approximate surface area is 163 Å². The van der Waals surface area contributed by atoms with Crippen molar-refractivity contribution in [2.75, 3.05) is 25.9 Å². The minimum atomic E-state index is -3.19.